The zero-order chi connectivity index (χ0) is 13.8. The number of nitrogens with one attached hydrogen (secondary N) is 1. The fraction of sp³-hybridized carbons (Fsp3) is 0.417. The largest absolute Gasteiger partial charge is 0.444 e. The Hall–Kier alpha value is -1.30. The van der Waals surface area contributed by atoms with Crippen LogP contribution in [0, 0.1) is 0 Å². The molecule has 5 nitrogen and oxygen atoms in total. The first kappa shape index (κ1) is 14.8. The van der Waals surface area contributed by atoms with E-state index in [0.29, 0.717) is 16.3 Å². The second-order valence-corrected chi connectivity index (χ2v) is 5.18. The predicted octanol–water partition coefficient (Wildman–Crippen LogP) is 3.08. The molecule has 1 aromatic carbocycles. The summed E-state index contributed by atoms with van der Waals surface area (Å²) in [4.78, 5) is 16.2. The van der Waals surface area contributed by atoms with Crippen LogP contribution < -0.4 is 11.2 Å². The van der Waals surface area contributed by atoms with E-state index in [1.54, 1.807) is 39.0 Å². The first-order chi connectivity index (χ1) is 8.31. The quantitative estimate of drug-likeness (QED) is 0.830. The molecule has 0 saturated carbocycles. The van der Waals surface area contributed by atoms with Crippen LogP contribution >= 0.6 is 11.6 Å². The molecular weight excluding hydrogens is 256 g/mol. The van der Waals surface area contributed by atoms with Gasteiger partial charge in [0.2, 0.25) is 0 Å². The maximum absolute atomic E-state index is 11.6. The lowest BCUT2D eigenvalue weighted by Gasteiger charge is -2.20. The Morgan fingerprint density at radius 2 is 2.11 bits per heavy atom. The number of halogens is 1. The topological polar surface area (TPSA) is 73.6 Å². The monoisotopic (exact) mass is 272 g/mol. The van der Waals surface area contributed by atoms with Crippen LogP contribution in [0.15, 0.2) is 18.2 Å². The third-order valence-electron chi connectivity index (χ3n) is 1.95. The van der Waals surface area contributed by atoms with E-state index in [-0.39, 0.29) is 6.61 Å². The molecule has 1 aromatic rings. The SMILES string of the molecule is CC(C)(C)OC(=O)Nc1cc(Cl)ccc1CON. The lowest BCUT2D eigenvalue weighted by molar-refractivity contribution is 0.0635. The van der Waals surface area contributed by atoms with Crippen molar-refractivity contribution in [2.24, 2.45) is 5.90 Å². The summed E-state index contributed by atoms with van der Waals surface area (Å²) >= 11 is 5.87. The van der Waals surface area contributed by atoms with Crippen molar-refractivity contribution in [1.29, 1.82) is 0 Å². The lowest BCUT2D eigenvalue weighted by Crippen LogP contribution is -2.27. The minimum Gasteiger partial charge on any atom is -0.444 e. The van der Waals surface area contributed by atoms with Gasteiger partial charge in [-0.05, 0) is 32.9 Å². The molecule has 0 aliphatic heterocycles. The lowest BCUT2D eigenvalue weighted by atomic mass is 10.2. The van der Waals surface area contributed by atoms with Gasteiger partial charge >= 0.3 is 6.09 Å². The summed E-state index contributed by atoms with van der Waals surface area (Å²) in [5.41, 5.74) is 0.669. The van der Waals surface area contributed by atoms with Crippen LogP contribution in [0.2, 0.25) is 5.02 Å². The van der Waals surface area contributed by atoms with E-state index in [4.69, 9.17) is 22.2 Å². The molecule has 0 saturated heterocycles. The Morgan fingerprint density at radius 1 is 1.44 bits per heavy atom. The van der Waals surface area contributed by atoms with Gasteiger partial charge in [0, 0.05) is 10.6 Å². The molecule has 1 amide bonds. The molecule has 0 fully saturated rings. The Kier molecular flexibility index (Phi) is 4.95. The van der Waals surface area contributed by atoms with Gasteiger partial charge < -0.3 is 4.74 Å². The molecule has 0 aromatic heterocycles. The fourth-order valence-electron chi connectivity index (χ4n) is 1.29. The fourth-order valence-corrected chi connectivity index (χ4v) is 1.47. The number of amides is 1. The second-order valence-electron chi connectivity index (χ2n) is 4.74. The number of nitrogens with two attached hydrogens (primary N) is 1. The molecule has 6 heteroatoms. The van der Waals surface area contributed by atoms with Gasteiger partial charge in [-0.1, -0.05) is 17.7 Å². The van der Waals surface area contributed by atoms with Gasteiger partial charge in [-0.15, -0.1) is 0 Å². The number of hydrogen-bond acceptors (Lipinski definition) is 4. The van der Waals surface area contributed by atoms with Gasteiger partial charge in [-0.3, -0.25) is 10.2 Å². The summed E-state index contributed by atoms with van der Waals surface area (Å²) in [6.07, 6.45) is -0.553. The summed E-state index contributed by atoms with van der Waals surface area (Å²) in [6, 6.07) is 5.03. The molecule has 0 radical (unpaired) electrons. The van der Waals surface area contributed by atoms with E-state index >= 15 is 0 Å². The molecule has 0 unspecified atom stereocenters. The highest BCUT2D eigenvalue weighted by Gasteiger charge is 2.17. The zero-order valence-electron chi connectivity index (χ0n) is 10.6. The molecule has 18 heavy (non-hydrogen) atoms. The maximum atomic E-state index is 11.6. The van der Waals surface area contributed by atoms with Crippen LogP contribution in [0.1, 0.15) is 26.3 Å². The van der Waals surface area contributed by atoms with E-state index in [1.165, 1.54) is 0 Å². The molecule has 100 valence electrons. The minimum atomic E-state index is -0.562. The van der Waals surface area contributed by atoms with E-state index in [9.17, 15) is 4.79 Å². The number of ether oxygens (including phenoxy) is 1. The van der Waals surface area contributed by atoms with Crippen molar-refractivity contribution in [2.45, 2.75) is 33.0 Å². The zero-order valence-corrected chi connectivity index (χ0v) is 11.4. The average Bonchev–Trinajstić information content (AvgIpc) is 2.19. The molecule has 0 spiro atoms. The van der Waals surface area contributed by atoms with Crippen molar-refractivity contribution in [3.05, 3.63) is 28.8 Å². The smallest absolute Gasteiger partial charge is 0.412 e. The molecule has 0 atom stereocenters. The second kappa shape index (κ2) is 6.04. The molecule has 0 bridgehead atoms. The van der Waals surface area contributed by atoms with Gasteiger partial charge in [-0.2, -0.15) is 0 Å². The van der Waals surface area contributed by atoms with Gasteiger partial charge in [0.15, 0.2) is 0 Å². The van der Waals surface area contributed by atoms with E-state index in [0.717, 1.165) is 0 Å². The third-order valence-corrected chi connectivity index (χ3v) is 2.18. The highest BCUT2D eigenvalue weighted by Crippen LogP contribution is 2.22. The van der Waals surface area contributed by atoms with Gasteiger partial charge in [-0.25, -0.2) is 10.7 Å². The standard InChI is InChI=1S/C12H17ClN2O3/c1-12(2,3)18-11(16)15-10-6-9(13)5-4-8(10)7-17-14/h4-6H,7,14H2,1-3H3,(H,15,16). The van der Waals surface area contributed by atoms with Crippen LogP contribution in [0.25, 0.3) is 0 Å². The molecule has 0 heterocycles. The van der Waals surface area contributed by atoms with Crippen LogP contribution in [-0.4, -0.2) is 11.7 Å². The molecule has 1 rings (SSSR count). The number of benzene rings is 1. The minimum absolute atomic E-state index is 0.169. The summed E-state index contributed by atoms with van der Waals surface area (Å²) in [7, 11) is 0. The Morgan fingerprint density at radius 3 is 2.67 bits per heavy atom. The summed E-state index contributed by atoms with van der Waals surface area (Å²) < 4.78 is 5.15. The molecular formula is C12H17ClN2O3. The van der Waals surface area contributed by atoms with E-state index < -0.39 is 11.7 Å². The number of hydrogen-bond donors (Lipinski definition) is 2. The number of carbonyl (C=O) groups excluding carboxylic acids is 1. The molecule has 3 N–H and O–H groups in total. The van der Waals surface area contributed by atoms with Crippen LogP contribution in [0.4, 0.5) is 10.5 Å². The van der Waals surface area contributed by atoms with Crippen LogP contribution in [0.3, 0.4) is 0 Å². The molecule has 0 aliphatic rings. The number of rotatable bonds is 3. The van der Waals surface area contributed by atoms with Crippen molar-refractivity contribution in [2.75, 3.05) is 5.32 Å². The summed E-state index contributed by atoms with van der Waals surface area (Å²) in [5.74, 6) is 5.02. The predicted molar refractivity (Wildman–Crippen MR) is 70.3 cm³/mol. The number of anilines is 1. The van der Waals surface area contributed by atoms with Gasteiger partial charge in [0.25, 0.3) is 0 Å². The van der Waals surface area contributed by atoms with Gasteiger partial charge in [0.05, 0.1) is 12.3 Å². The highest BCUT2D eigenvalue weighted by molar-refractivity contribution is 6.31. The molecule has 0 aliphatic carbocycles. The van der Waals surface area contributed by atoms with Gasteiger partial charge in [0.1, 0.15) is 5.60 Å². The van der Waals surface area contributed by atoms with Crippen LogP contribution in [-0.2, 0) is 16.2 Å². The third kappa shape index (κ3) is 4.91. The van der Waals surface area contributed by atoms with E-state index in [1.807, 2.05) is 0 Å². The average molecular weight is 273 g/mol. The summed E-state index contributed by atoms with van der Waals surface area (Å²) in [5, 5.41) is 3.11. The van der Waals surface area contributed by atoms with E-state index in [2.05, 4.69) is 10.2 Å². The van der Waals surface area contributed by atoms with Crippen molar-refractivity contribution < 1.29 is 14.4 Å². The Bertz CT molecular complexity index is 430. The van der Waals surface area contributed by atoms with Crippen LogP contribution in [0.5, 0.6) is 0 Å². The number of carbonyl (C=O) groups is 1. The Labute approximate surface area is 111 Å². The first-order valence-electron chi connectivity index (χ1n) is 5.42. The maximum Gasteiger partial charge on any atom is 0.412 e. The Balaban J connectivity index is 2.82. The van der Waals surface area contributed by atoms with Crippen molar-refractivity contribution >= 4 is 23.4 Å². The highest BCUT2D eigenvalue weighted by atomic mass is 35.5. The van der Waals surface area contributed by atoms with Crippen molar-refractivity contribution in [3.8, 4) is 0 Å². The summed E-state index contributed by atoms with van der Waals surface area (Å²) in [6.45, 7) is 5.53. The normalized spacial score (nSPS) is 11.2. The first-order valence-corrected chi connectivity index (χ1v) is 5.80. The van der Waals surface area contributed by atoms with Crippen molar-refractivity contribution in [1.82, 2.24) is 0 Å². The van der Waals surface area contributed by atoms with Crippen molar-refractivity contribution in [3.63, 3.8) is 0 Å².